The van der Waals surface area contributed by atoms with E-state index in [-0.39, 0.29) is 4.90 Å². The minimum absolute atomic E-state index is 0.0988. The molecule has 1 aliphatic rings. The number of thiophene rings is 1. The first-order valence-electron chi connectivity index (χ1n) is 10.4. The fourth-order valence-corrected chi connectivity index (χ4v) is 5.38. The van der Waals surface area contributed by atoms with Gasteiger partial charge < -0.3 is 9.47 Å². The second kappa shape index (κ2) is 8.12. The fraction of sp³-hybridized carbons (Fsp3) is 0.0870. The van der Waals surface area contributed by atoms with E-state index in [0.29, 0.717) is 47.6 Å². The summed E-state index contributed by atoms with van der Waals surface area (Å²) >= 11 is 1.57. The number of benzene rings is 2. The van der Waals surface area contributed by atoms with E-state index >= 15 is 0 Å². The second-order valence-corrected chi connectivity index (χ2v) is 10.1. The Hall–Kier alpha value is -3.96. The third-order valence-electron chi connectivity index (χ3n) is 5.26. The third kappa shape index (κ3) is 3.74. The van der Waals surface area contributed by atoms with Crippen LogP contribution in [-0.2, 0) is 10.0 Å². The van der Waals surface area contributed by atoms with Crippen LogP contribution in [0.5, 0.6) is 11.5 Å². The summed E-state index contributed by atoms with van der Waals surface area (Å²) in [7, 11) is -3.80. The van der Waals surface area contributed by atoms with E-state index in [4.69, 9.17) is 9.47 Å². The predicted molar refractivity (Wildman–Crippen MR) is 128 cm³/mol. The highest BCUT2D eigenvalue weighted by Gasteiger charge is 2.20. The highest BCUT2D eigenvalue weighted by molar-refractivity contribution is 7.92. The van der Waals surface area contributed by atoms with Crippen molar-refractivity contribution in [2.45, 2.75) is 4.90 Å². The molecule has 0 spiro atoms. The van der Waals surface area contributed by atoms with Gasteiger partial charge in [-0.15, -0.1) is 21.5 Å². The molecular weight excluding hydrogens is 474 g/mol. The molecule has 1 N–H and O–H groups in total. The first-order valence-corrected chi connectivity index (χ1v) is 12.7. The Kier molecular flexibility index (Phi) is 4.93. The van der Waals surface area contributed by atoms with Gasteiger partial charge in [-0.1, -0.05) is 18.2 Å². The van der Waals surface area contributed by atoms with Gasteiger partial charge in [-0.25, -0.2) is 8.42 Å². The molecule has 0 unspecified atom stereocenters. The highest BCUT2D eigenvalue weighted by atomic mass is 32.2. The van der Waals surface area contributed by atoms with Crippen LogP contribution in [0.4, 0.5) is 5.69 Å². The highest BCUT2D eigenvalue weighted by Crippen LogP contribution is 2.33. The number of hydrogen-bond acceptors (Lipinski definition) is 8. The fourth-order valence-electron chi connectivity index (χ4n) is 3.62. The number of fused-ring (bicyclic) bond motifs is 2. The predicted octanol–water partition coefficient (Wildman–Crippen LogP) is 4.09. The summed E-state index contributed by atoms with van der Waals surface area (Å²) in [5.74, 6) is 1.63. The van der Waals surface area contributed by atoms with Crippen LogP contribution in [0.2, 0.25) is 0 Å². The molecule has 0 bridgehead atoms. The van der Waals surface area contributed by atoms with E-state index in [0.717, 1.165) is 10.4 Å². The van der Waals surface area contributed by atoms with Crippen molar-refractivity contribution >= 4 is 32.7 Å². The maximum Gasteiger partial charge on any atom is 0.262 e. The first kappa shape index (κ1) is 20.6. The van der Waals surface area contributed by atoms with Crippen LogP contribution in [0.1, 0.15) is 0 Å². The minimum atomic E-state index is -3.80. The van der Waals surface area contributed by atoms with Gasteiger partial charge in [0, 0.05) is 17.3 Å². The smallest absolute Gasteiger partial charge is 0.262 e. The van der Waals surface area contributed by atoms with Gasteiger partial charge in [0.05, 0.1) is 15.5 Å². The zero-order chi connectivity index (χ0) is 23.1. The summed E-state index contributed by atoms with van der Waals surface area (Å²) in [5.41, 5.74) is 2.63. The van der Waals surface area contributed by atoms with Crippen LogP contribution >= 0.6 is 11.3 Å². The summed E-state index contributed by atoms with van der Waals surface area (Å²) in [6.45, 7) is 0.827. The maximum absolute atomic E-state index is 12.9. The molecule has 5 aromatic rings. The summed E-state index contributed by atoms with van der Waals surface area (Å²) in [6, 6.07) is 19.2. The normalized spacial score (nSPS) is 13.2. The number of ether oxygens (including phenoxy) is 2. The lowest BCUT2D eigenvalue weighted by molar-refractivity contribution is 0.171. The molecule has 0 aliphatic carbocycles. The molecule has 34 heavy (non-hydrogen) atoms. The van der Waals surface area contributed by atoms with Crippen LogP contribution in [0.25, 0.3) is 27.6 Å². The van der Waals surface area contributed by atoms with E-state index in [1.165, 1.54) is 12.1 Å². The molecule has 9 nitrogen and oxygen atoms in total. The zero-order valence-corrected chi connectivity index (χ0v) is 19.2. The number of anilines is 1. The van der Waals surface area contributed by atoms with Crippen molar-refractivity contribution in [1.29, 1.82) is 0 Å². The molecule has 3 aromatic heterocycles. The standard InChI is InChI=1S/C23H17N5O4S2/c29-34(30,17-7-9-19-20(14-17)32-12-11-31-19)27-16-5-3-15(4-6-16)18-8-10-22-24-25-23(28(22)26-18)21-2-1-13-33-21/h1-10,13-14,27H,11-12H2. The second-order valence-electron chi connectivity index (χ2n) is 7.48. The zero-order valence-electron chi connectivity index (χ0n) is 17.6. The lowest BCUT2D eigenvalue weighted by atomic mass is 10.1. The van der Waals surface area contributed by atoms with Crippen LogP contribution < -0.4 is 14.2 Å². The Morgan fingerprint density at radius 2 is 1.74 bits per heavy atom. The Labute approximate surface area is 198 Å². The van der Waals surface area contributed by atoms with Gasteiger partial charge in [0.25, 0.3) is 10.0 Å². The van der Waals surface area contributed by atoms with Crippen molar-refractivity contribution < 1.29 is 17.9 Å². The van der Waals surface area contributed by atoms with Crippen LogP contribution in [0, 0.1) is 0 Å². The SMILES string of the molecule is O=S(=O)(Nc1ccc(-c2ccc3nnc(-c4cccs4)n3n2)cc1)c1ccc2c(c1)OCCO2. The summed E-state index contributed by atoms with van der Waals surface area (Å²) in [4.78, 5) is 1.07. The van der Waals surface area contributed by atoms with E-state index in [9.17, 15) is 8.42 Å². The van der Waals surface area contributed by atoms with Crippen molar-refractivity contribution in [2.24, 2.45) is 0 Å². The molecule has 0 saturated heterocycles. The summed E-state index contributed by atoms with van der Waals surface area (Å²) < 4.78 is 41.0. The molecule has 0 fully saturated rings. The van der Waals surface area contributed by atoms with E-state index in [2.05, 4.69) is 20.0 Å². The Morgan fingerprint density at radius 3 is 2.53 bits per heavy atom. The lowest BCUT2D eigenvalue weighted by Crippen LogP contribution is -2.17. The molecule has 0 amide bonds. The average molecular weight is 492 g/mol. The Balaban J connectivity index is 1.26. The van der Waals surface area contributed by atoms with E-state index < -0.39 is 10.0 Å². The number of hydrogen-bond donors (Lipinski definition) is 1. The molecule has 170 valence electrons. The number of aromatic nitrogens is 4. The lowest BCUT2D eigenvalue weighted by Gasteiger charge is -2.19. The average Bonchev–Trinajstić information content (AvgIpc) is 3.53. The van der Waals surface area contributed by atoms with E-state index in [1.807, 2.05) is 41.8 Å². The van der Waals surface area contributed by atoms with Gasteiger partial charge in [-0.3, -0.25) is 4.72 Å². The summed E-state index contributed by atoms with van der Waals surface area (Å²) in [5, 5.41) is 15.1. The van der Waals surface area contributed by atoms with Crippen LogP contribution in [0.3, 0.4) is 0 Å². The number of nitrogens with zero attached hydrogens (tertiary/aromatic N) is 4. The van der Waals surface area contributed by atoms with Gasteiger partial charge in [0.1, 0.15) is 13.2 Å². The molecule has 1 aliphatic heterocycles. The van der Waals surface area contributed by atoms with Gasteiger partial charge in [-0.05, 0) is 47.8 Å². The van der Waals surface area contributed by atoms with Crippen molar-refractivity contribution in [3.8, 4) is 33.5 Å². The van der Waals surface area contributed by atoms with Gasteiger partial charge in [-0.2, -0.15) is 9.61 Å². The Morgan fingerprint density at radius 1 is 0.912 bits per heavy atom. The molecule has 2 aromatic carbocycles. The molecule has 0 atom stereocenters. The van der Waals surface area contributed by atoms with Crippen molar-refractivity contribution in [1.82, 2.24) is 19.8 Å². The van der Waals surface area contributed by atoms with Crippen LogP contribution in [-0.4, -0.2) is 41.4 Å². The molecule has 11 heteroatoms. The van der Waals surface area contributed by atoms with Gasteiger partial charge in [0.2, 0.25) is 0 Å². The molecule has 4 heterocycles. The molecular formula is C23H17N5O4S2. The van der Waals surface area contributed by atoms with Crippen molar-refractivity contribution in [3.63, 3.8) is 0 Å². The quantitative estimate of drug-likeness (QED) is 0.394. The van der Waals surface area contributed by atoms with Gasteiger partial charge >= 0.3 is 0 Å². The molecule has 6 rings (SSSR count). The molecule has 0 radical (unpaired) electrons. The van der Waals surface area contributed by atoms with Gasteiger partial charge in [0.15, 0.2) is 23.0 Å². The third-order valence-corrected chi connectivity index (χ3v) is 7.51. The van der Waals surface area contributed by atoms with Crippen LogP contribution in [0.15, 0.2) is 77.0 Å². The van der Waals surface area contributed by atoms with Crippen molar-refractivity contribution in [3.05, 3.63) is 72.1 Å². The first-order chi connectivity index (χ1) is 16.6. The Bertz CT molecular complexity index is 1600. The minimum Gasteiger partial charge on any atom is -0.486 e. The topological polar surface area (TPSA) is 108 Å². The number of nitrogens with one attached hydrogen (secondary N) is 1. The monoisotopic (exact) mass is 491 g/mol. The van der Waals surface area contributed by atoms with Crippen molar-refractivity contribution in [2.75, 3.05) is 17.9 Å². The van der Waals surface area contributed by atoms with E-state index in [1.54, 1.807) is 34.1 Å². The molecule has 0 saturated carbocycles. The maximum atomic E-state index is 12.9. The number of sulfonamides is 1. The largest absolute Gasteiger partial charge is 0.486 e. The number of rotatable bonds is 5. The summed E-state index contributed by atoms with van der Waals surface area (Å²) in [6.07, 6.45) is 0.